The van der Waals surface area contributed by atoms with Gasteiger partial charge in [0.1, 0.15) is 0 Å². The molecule has 0 amide bonds. The average Bonchev–Trinajstić information content (AvgIpc) is 2.35. The number of ether oxygens (including phenoxy) is 1. The SMILES string of the molecule is COC(F)(c1ccc2ccccc2c1)C(F)(F)F.[Li]. The molecule has 0 heterocycles. The number of hydrogen-bond donors (Lipinski definition) is 0. The van der Waals surface area contributed by atoms with Crippen molar-refractivity contribution in [1.29, 1.82) is 0 Å². The van der Waals surface area contributed by atoms with E-state index in [0.29, 0.717) is 12.5 Å². The van der Waals surface area contributed by atoms with Crippen LogP contribution in [0.1, 0.15) is 5.56 Å². The van der Waals surface area contributed by atoms with Gasteiger partial charge in [-0.2, -0.15) is 17.6 Å². The maximum atomic E-state index is 13.9. The summed E-state index contributed by atoms with van der Waals surface area (Å²) < 4.78 is 56.1. The van der Waals surface area contributed by atoms with Gasteiger partial charge < -0.3 is 4.74 Å². The number of hydrogen-bond acceptors (Lipinski definition) is 1. The molecule has 1 nitrogen and oxygen atoms in total. The predicted molar refractivity (Wildman–Crippen MR) is 65.6 cm³/mol. The molecule has 0 aromatic heterocycles. The minimum Gasteiger partial charge on any atom is -0.339 e. The normalized spacial score (nSPS) is 14.8. The molecule has 1 radical (unpaired) electrons. The van der Waals surface area contributed by atoms with Crippen LogP contribution in [-0.4, -0.2) is 32.1 Å². The molecule has 0 fully saturated rings. The third-order valence-electron chi connectivity index (χ3n) is 2.77. The number of benzene rings is 2. The molecule has 2 aromatic carbocycles. The monoisotopic (exact) mass is 265 g/mol. The van der Waals surface area contributed by atoms with Gasteiger partial charge in [-0.15, -0.1) is 0 Å². The summed E-state index contributed by atoms with van der Waals surface area (Å²) in [6.07, 6.45) is -5.12. The molecule has 0 saturated carbocycles. The van der Waals surface area contributed by atoms with Crippen molar-refractivity contribution in [2.75, 3.05) is 7.11 Å². The Morgan fingerprint density at radius 1 is 0.895 bits per heavy atom. The number of fused-ring (bicyclic) bond motifs is 1. The van der Waals surface area contributed by atoms with Crippen LogP contribution in [0.4, 0.5) is 17.6 Å². The van der Waals surface area contributed by atoms with E-state index < -0.39 is 17.6 Å². The first-order valence-electron chi connectivity index (χ1n) is 5.18. The van der Waals surface area contributed by atoms with Gasteiger partial charge in [0.2, 0.25) is 0 Å². The maximum Gasteiger partial charge on any atom is 0.453 e. The Morgan fingerprint density at radius 2 is 1.47 bits per heavy atom. The Labute approximate surface area is 119 Å². The summed E-state index contributed by atoms with van der Waals surface area (Å²) in [7, 11) is 0.697. The molecule has 0 saturated heterocycles. The van der Waals surface area contributed by atoms with E-state index in [4.69, 9.17) is 0 Å². The van der Waals surface area contributed by atoms with E-state index in [1.54, 1.807) is 24.3 Å². The van der Waals surface area contributed by atoms with Crippen LogP contribution in [0.5, 0.6) is 0 Å². The minimum absolute atomic E-state index is 0. The molecule has 19 heavy (non-hydrogen) atoms. The van der Waals surface area contributed by atoms with Crippen LogP contribution in [0.15, 0.2) is 42.5 Å². The average molecular weight is 265 g/mol. The Balaban J connectivity index is 0.00000180. The van der Waals surface area contributed by atoms with Crippen LogP contribution in [0.2, 0.25) is 0 Å². The first kappa shape index (κ1) is 16.0. The molecular formula is C13H10F4LiO. The van der Waals surface area contributed by atoms with Crippen LogP contribution in [0.25, 0.3) is 10.8 Å². The van der Waals surface area contributed by atoms with E-state index in [1.807, 2.05) is 0 Å². The van der Waals surface area contributed by atoms with Gasteiger partial charge in [0.25, 0.3) is 0 Å². The fourth-order valence-corrected chi connectivity index (χ4v) is 1.79. The fraction of sp³-hybridized carbons (Fsp3) is 0.231. The zero-order valence-corrected chi connectivity index (χ0v) is 10.5. The zero-order valence-electron chi connectivity index (χ0n) is 10.5. The van der Waals surface area contributed by atoms with Gasteiger partial charge in [0.15, 0.2) is 0 Å². The quantitative estimate of drug-likeness (QED) is 0.593. The van der Waals surface area contributed by atoms with Gasteiger partial charge in [-0.25, -0.2) is 0 Å². The fourth-order valence-electron chi connectivity index (χ4n) is 1.79. The summed E-state index contributed by atoms with van der Waals surface area (Å²) in [4.78, 5) is 0. The minimum atomic E-state index is -5.12. The third kappa shape index (κ3) is 2.79. The van der Waals surface area contributed by atoms with Crippen molar-refractivity contribution in [2.45, 2.75) is 12.0 Å². The summed E-state index contributed by atoms with van der Waals surface area (Å²) in [5, 5.41) is 1.26. The molecule has 2 rings (SSSR count). The number of alkyl halides is 4. The van der Waals surface area contributed by atoms with Crippen LogP contribution in [-0.2, 0) is 10.6 Å². The standard InChI is InChI=1S/C13H10F4O.Li/c1-18-12(14,13(15,16)17)11-7-6-9-4-2-3-5-10(9)8-11;/h2-8H,1H3;. The van der Waals surface area contributed by atoms with Crippen LogP contribution >= 0.6 is 0 Å². The summed E-state index contributed by atoms with van der Waals surface area (Å²) in [6, 6.07) is 10.4. The van der Waals surface area contributed by atoms with Crippen molar-refractivity contribution < 1.29 is 22.3 Å². The molecule has 0 aliphatic carbocycles. The molecular weight excluding hydrogens is 255 g/mol. The van der Waals surface area contributed by atoms with Gasteiger partial charge in [0.05, 0.1) is 0 Å². The molecule has 1 atom stereocenters. The molecule has 0 N–H and O–H groups in total. The van der Waals surface area contributed by atoms with E-state index in [9.17, 15) is 17.6 Å². The van der Waals surface area contributed by atoms with E-state index in [-0.39, 0.29) is 18.9 Å². The van der Waals surface area contributed by atoms with Crippen molar-refractivity contribution in [1.82, 2.24) is 0 Å². The first-order chi connectivity index (χ1) is 8.38. The van der Waals surface area contributed by atoms with Crippen LogP contribution in [0.3, 0.4) is 0 Å². The van der Waals surface area contributed by atoms with E-state index in [1.165, 1.54) is 6.07 Å². The number of halogens is 4. The van der Waals surface area contributed by atoms with Crippen molar-refractivity contribution in [2.24, 2.45) is 0 Å². The summed E-state index contributed by atoms with van der Waals surface area (Å²) in [6.45, 7) is 0. The Hall–Kier alpha value is -1.02. The molecule has 97 valence electrons. The predicted octanol–water partition coefficient (Wildman–Crippen LogP) is 3.79. The number of methoxy groups -OCH3 is 1. The second kappa shape index (κ2) is 5.54. The second-order valence-electron chi connectivity index (χ2n) is 3.86. The van der Waals surface area contributed by atoms with E-state index in [0.717, 1.165) is 17.5 Å². The third-order valence-corrected chi connectivity index (χ3v) is 2.77. The zero-order chi connectivity index (χ0) is 13.4. The molecule has 6 heteroatoms. The van der Waals surface area contributed by atoms with Crippen LogP contribution in [0, 0.1) is 0 Å². The molecule has 2 aromatic rings. The van der Waals surface area contributed by atoms with Gasteiger partial charge in [-0.05, 0) is 16.8 Å². The molecule has 0 bridgehead atoms. The van der Waals surface area contributed by atoms with Crippen molar-refractivity contribution in [3.63, 3.8) is 0 Å². The summed E-state index contributed by atoms with van der Waals surface area (Å²) in [5.74, 6) is -3.78. The molecule has 0 aliphatic rings. The Kier molecular flexibility index (Phi) is 4.67. The van der Waals surface area contributed by atoms with Gasteiger partial charge >= 0.3 is 12.0 Å². The second-order valence-corrected chi connectivity index (χ2v) is 3.86. The summed E-state index contributed by atoms with van der Waals surface area (Å²) >= 11 is 0. The molecule has 1 unspecified atom stereocenters. The van der Waals surface area contributed by atoms with Gasteiger partial charge in [0, 0.05) is 31.5 Å². The smallest absolute Gasteiger partial charge is 0.339 e. The van der Waals surface area contributed by atoms with Crippen LogP contribution < -0.4 is 0 Å². The Bertz CT molecular complexity index is 570. The van der Waals surface area contributed by atoms with Crippen molar-refractivity contribution in [3.05, 3.63) is 48.0 Å². The molecule has 0 spiro atoms. The van der Waals surface area contributed by atoms with Crippen molar-refractivity contribution in [3.8, 4) is 0 Å². The van der Waals surface area contributed by atoms with Gasteiger partial charge in [-0.3, -0.25) is 0 Å². The number of rotatable bonds is 2. The first-order valence-corrected chi connectivity index (χ1v) is 5.18. The van der Waals surface area contributed by atoms with E-state index in [2.05, 4.69) is 4.74 Å². The van der Waals surface area contributed by atoms with E-state index >= 15 is 0 Å². The molecule has 0 aliphatic heterocycles. The maximum absolute atomic E-state index is 13.9. The van der Waals surface area contributed by atoms with Crippen molar-refractivity contribution >= 4 is 29.6 Å². The largest absolute Gasteiger partial charge is 0.453 e. The summed E-state index contributed by atoms with van der Waals surface area (Å²) in [5.41, 5.74) is -0.559. The van der Waals surface area contributed by atoms with Gasteiger partial charge in [-0.1, -0.05) is 36.4 Å². The Morgan fingerprint density at radius 3 is 2.00 bits per heavy atom. The topological polar surface area (TPSA) is 9.23 Å².